The van der Waals surface area contributed by atoms with Gasteiger partial charge in [0.15, 0.2) is 0 Å². The van der Waals surface area contributed by atoms with Crippen LogP contribution >= 0.6 is 15.9 Å². The summed E-state index contributed by atoms with van der Waals surface area (Å²) in [5.41, 5.74) is 4.16. The fourth-order valence-corrected chi connectivity index (χ4v) is 1.39. The summed E-state index contributed by atoms with van der Waals surface area (Å²) in [6, 6.07) is 7.71. The summed E-state index contributed by atoms with van der Waals surface area (Å²) in [6.07, 6.45) is 0. The molecule has 0 aliphatic carbocycles. The van der Waals surface area contributed by atoms with Crippen LogP contribution in [0.25, 0.3) is 0 Å². The first kappa shape index (κ1) is 13.9. The van der Waals surface area contributed by atoms with E-state index in [-0.39, 0.29) is 12.5 Å². The van der Waals surface area contributed by atoms with E-state index in [9.17, 15) is 4.79 Å². The van der Waals surface area contributed by atoms with Crippen molar-refractivity contribution in [2.75, 3.05) is 13.2 Å². The smallest absolute Gasteiger partial charge is 0.266 e. The SMILES string of the molecule is CCOCC(=O)N/N=C(\C)c1ccc(Br)cc1. The van der Waals surface area contributed by atoms with E-state index in [0.717, 1.165) is 15.7 Å². The van der Waals surface area contributed by atoms with Gasteiger partial charge in [-0.2, -0.15) is 5.10 Å². The Kier molecular flexibility index (Phi) is 5.86. The Balaban J connectivity index is 2.54. The topological polar surface area (TPSA) is 50.7 Å². The highest BCUT2D eigenvalue weighted by molar-refractivity contribution is 9.10. The second-order valence-electron chi connectivity index (χ2n) is 3.38. The molecule has 5 heteroatoms. The van der Waals surface area contributed by atoms with Crippen molar-refractivity contribution in [2.45, 2.75) is 13.8 Å². The lowest BCUT2D eigenvalue weighted by molar-refractivity contribution is -0.125. The van der Waals surface area contributed by atoms with Crippen LogP contribution in [0.1, 0.15) is 19.4 Å². The van der Waals surface area contributed by atoms with Gasteiger partial charge in [-0.25, -0.2) is 5.43 Å². The molecule has 0 bridgehead atoms. The zero-order chi connectivity index (χ0) is 12.7. The van der Waals surface area contributed by atoms with Gasteiger partial charge in [0, 0.05) is 11.1 Å². The van der Waals surface area contributed by atoms with Crippen LogP contribution in [-0.2, 0) is 9.53 Å². The number of carbonyl (C=O) groups is 1. The second kappa shape index (κ2) is 7.19. The fourth-order valence-electron chi connectivity index (χ4n) is 1.13. The number of hydrogen-bond acceptors (Lipinski definition) is 3. The van der Waals surface area contributed by atoms with E-state index in [2.05, 4.69) is 26.5 Å². The normalized spacial score (nSPS) is 11.4. The van der Waals surface area contributed by atoms with Gasteiger partial charge in [-0.3, -0.25) is 4.79 Å². The zero-order valence-electron chi connectivity index (χ0n) is 9.87. The molecule has 1 N–H and O–H groups in total. The molecular weight excluding hydrogens is 284 g/mol. The maximum atomic E-state index is 11.2. The van der Waals surface area contributed by atoms with Crippen molar-refractivity contribution in [2.24, 2.45) is 5.10 Å². The molecule has 0 aliphatic rings. The maximum Gasteiger partial charge on any atom is 0.266 e. The monoisotopic (exact) mass is 298 g/mol. The largest absolute Gasteiger partial charge is 0.372 e. The average molecular weight is 299 g/mol. The molecule has 0 radical (unpaired) electrons. The van der Waals surface area contributed by atoms with Crippen LogP contribution in [0.2, 0.25) is 0 Å². The number of ether oxygens (including phenoxy) is 1. The Hall–Kier alpha value is -1.20. The van der Waals surface area contributed by atoms with Crippen molar-refractivity contribution in [3.05, 3.63) is 34.3 Å². The number of nitrogens with zero attached hydrogens (tertiary/aromatic N) is 1. The lowest BCUT2D eigenvalue weighted by Crippen LogP contribution is -2.24. The third-order valence-corrected chi connectivity index (χ3v) is 2.58. The van der Waals surface area contributed by atoms with Crippen molar-refractivity contribution in [1.82, 2.24) is 5.43 Å². The van der Waals surface area contributed by atoms with Crippen molar-refractivity contribution in [1.29, 1.82) is 0 Å². The molecule has 0 fully saturated rings. The molecule has 17 heavy (non-hydrogen) atoms. The Morgan fingerprint density at radius 2 is 2.06 bits per heavy atom. The zero-order valence-corrected chi connectivity index (χ0v) is 11.5. The number of benzene rings is 1. The van der Waals surface area contributed by atoms with Crippen LogP contribution in [0.5, 0.6) is 0 Å². The van der Waals surface area contributed by atoms with Crippen LogP contribution in [0.15, 0.2) is 33.8 Å². The summed E-state index contributed by atoms with van der Waals surface area (Å²) in [6.45, 7) is 4.23. The van der Waals surface area contributed by atoms with E-state index in [1.165, 1.54) is 0 Å². The van der Waals surface area contributed by atoms with Gasteiger partial charge in [-0.15, -0.1) is 0 Å². The minimum atomic E-state index is -0.247. The quantitative estimate of drug-likeness (QED) is 0.670. The van der Waals surface area contributed by atoms with E-state index in [1.54, 1.807) is 0 Å². The predicted octanol–water partition coefficient (Wildman–Crippen LogP) is 2.33. The van der Waals surface area contributed by atoms with E-state index < -0.39 is 0 Å². The van der Waals surface area contributed by atoms with E-state index >= 15 is 0 Å². The Morgan fingerprint density at radius 1 is 1.41 bits per heavy atom. The highest BCUT2D eigenvalue weighted by Gasteiger charge is 2.00. The molecular formula is C12H15BrN2O2. The second-order valence-corrected chi connectivity index (χ2v) is 4.29. The summed E-state index contributed by atoms with van der Waals surface area (Å²) < 4.78 is 5.97. The minimum Gasteiger partial charge on any atom is -0.372 e. The summed E-state index contributed by atoms with van der Waals surface area (Å²) >= 11 is 3.36. The minimum absolute atomic E-state index is 0.0353. The first-order chi connectivity index (χ1) is 8.13. The van der Waals surface area contributed by atoms with E-state index in [1.807, 2.05) is 38.1 Å². The standard InChI is InChI=1S/C12H15BrN2O2/c1-3-17-8-12(16)15-14-9(2)10-4-6-11(13)7-5-10/h4-7H,3,8H2,1-2H3,(H,15,16)/b14-9+. The Morgan fingerprint density at radius 3 is 2.65 bits per heavy atom. The highest BCUT2D eigenvalue weighted by atomic mass is 79.9. The van der Waals surface area contributed by atoms with Crippen LogP contribution < -0.4 is 5.43 Å². The molecule has 4 nitrogen and oxygen atoms in total. The lowest BCUT2D eigenvalue weighted by atomic mass is 10.1. The summed E-state index contributed by atoms with van der Waals surface area (Å²) in [5.74, 6) is -0.247. The molecule has 1 rings (SSSR count). The van der Waals surface area contributed by atoms with Crippen LogP contribution in [0.4, 0.5) is 0 Å². The van der Waals surface area contributed by atoms with Gasteiger partial charge in [0.2, 0.25) is 0 Å². The number of carbonyl (C=O) groups excluding carboxylic acids is 1. The van der Waals surface area contributed by atoms with Crippen molar-refractivity contribution < 1.29 is 9.53 Å². The van der Waals surface area contributed by atoms with Gasteiger partial charge >= 0.3 is 0 Å². The molecule has 0 spiro atoms. The van der Waals surface area contributed by atoms with Gasteiger partial charge < -0.3 is 4.74 Å². The molecule has 0 atom stereocenters. The number of halogens is 1. The summed E-state index contributed by atoms with van der Waals surface area (Å²) in [5, 5.41) is 4.00. The first-order valence-electron chi connectivity index (χ1n) is 5.30. The van der Waals surface area contributed by atoms with Gasteiger partial charge in [0.05, 0.1) is 5.71 Å². The fraction of sp³-hybridized carbons (Fsp3) is 0.333. The molecule has 1 amide bonds. The lowest BCUT2D eigenvalue weighted by Gasteiger charge is -2.03. The number of hydrazone groups is 1. The number of hydrogen-bond donors (Lipinski definition) is 1. The molecule has 0 saturated carbocycles. The Bertz CT molecular complexity index is 401. The van der Waals surface area contributed by atoms with E-state index in [4.69, 9.17) is 4.74 Å². The molecule has 0 saturated heterocycles. The average Bonchev–Trinajstić information content (AvgIpc) is 2.34. The van der Waals surface area contributed by atoms with Gasteiger partial charge in [-0.1, -0.05) is 28.1 Å². The molecule has 0 unspecified atom stereocenters. The van der Waals surface area contributed by atoms with Crippen LogP contribution in [0.3, 0.4) is 0 Å². The van der Waals surface area contributed by atoms with Crippen LogP contribution in [-0.4, -0.2) is 24.8 Å². The van der Waals surface area contributed by atoms with E-state index in [0.29, 0.717) is 6.61 Å². The first-order valence-corrected chi connectivity index (χ1v) is 6.09. The van der Waals surface area contributed by atoms with Crippen molar-refractivity contribution in [3.8, 4) is 0 Å². The van der Waals surface area contributed by atoms with Crippen LogP contribution in [0, 0.1) is 0 Å². The molecule has 1 aromatic carbocycles. The van der Waals surface area contributed by atoms with Crippen molar-refractivity contribution >= 4 is 27.5 Å². The number of rotatable bonds is 5. The summed E-state index contributed by atoms with van der Waals surface area (Å²) in [7, 11) is 0. The van der Waals surface area contributed by atoms with Gasteiger partial charge in [0.1, 0.15) is 6.61 Å². The third kappa shape index (κ3) is 5.10. The number of nitrogens with one attached hydrogen (secondary N) is 1. The van der Waals surface area contributed by atoms with Crippen molar-refractivity contribution in [3.63, 3.8) is 0 Å². The Labute approximate surface area is 109 Å². The molecule has 1 aromatic rings. The van der Waals surface area contributed by atoms with Gasteiger partial charge in [-0.05, 0) is 31.5 Å². The third-order valence-electron chi connectivity index (χ3n) is 2.05. The molecule has 0 aliphatic heterocycles. The van der Waals surface area contributed by atoms with Gasteiger partial charge in [0.25, 0.3) is 5.91 Å². The number of amides is 1. The molecule has 0 aromatic heterocycles. The predicted molar refractivity (Wildman–Crippen MR) is 71.0 cm³/mol. The highest BCUT2D eigenvalue weighted by Crippen LogP contribution is 2.10. The maximum absolute atomic E-state index is 11.2. The molecule has 92 valence electrons. The summed E-state index contributed by atoms with van der Waals surface area (Å²) in [4.78, 5) is 11.2. The molecule has 0 heterocycles.